The van der Waals surface area contributed by atoms with Crippen molar-refractivity contribution in [1.29, 1.82) is 0 Å². The van der Waals surface area contributed by atoms with Crippen LogP contribution in [0, 0.1) is 5.92 Å². The summed E-state index contributed by atoms with van der Waals surface area (Å²) in [5.41, 5.74) is 5.74. The molecule has 0 aromatic carbocycles. The van der Waals surface area contributed by atoms with Gasteiger partial charge in [-0.2, -0.15) is 11.8 Å². The number of thioether (sulfide) groups is 1. The fourth-order valence-electron chi connectivity index (χ4n) is 1.53. The van der Waals surface area contributed by atoms with Crippen LogP contribution in [0.15, 0.2) is 0 Å². The zero-order valence-electron chi connectivity index (χ0n) is 7.45. The third-order valence-electron chi connectivity index (χ3n) is 2.37. The zero-order chi connectivity index (χ0) is 9.14. The van der Waals surface area contributed by atoms with Crippen LogP contribution < -0.4 is 5.73 Å². The first-order valence-electron chi connectivity index (χ1n) is 4.12. The highest BCUT2D eigenvalue weighted by molar-refractivity contribution is 8.00. The van der Waals surface area contributed by atoms with Crippen molar-refractivity contribution < 1.29 is 9.53 Å². The summed E-state index contributed by atoms with van der Waals surface area (Å²) in [6.07, 6.45) is 1.03. The summed E-state index contributed by atoms with van der Waals surface area (Å²) < 4.78 is 4.60. The van der Waals surface area contributed by atoms with E-state index in [1.54, 1.807) is 0 Å². The summed E-state index contributed by atoms with van der Waals surface area (Å²) >= 11 is 1.87. The van der Waals surface area contributed by atoms with E-state index in [1.165, 1.54) is 7.11 Å². The van der Waals surface area contributed by atoms with Gasteiger partial charge in [0.15, 0.2) is 0 Å². The molecule has 0 amide bonds. The average Bonchev–Trinajstić information content (AvgIpc) is 2.48. The maximum atomic E-state index is 11.1. The lowest BCUT2D eigenvalue weighted by molar-refractivity contribution is -0.143. The number of nitrogens with two attached hydrogens (primary N) is 1. The van der Waals surface area contributed by atoms with Gasteiger partial charge in [-0.3, -0.25) is 4.79 Å². The number of methoxy groups -OCH3 is 1. The van der Waals surface area contributed by atoms with Gasteiger partial charge >= 0.3 is 5.97 Å². The summed E-state index contributed by atoms with van der Waals surface area (Å²) in [7, 11) is 1.38. The first kappa shape index (κ1) is 9.86. The van der Waals surface area contributed by atoms with E-state index in [1.807, 2.05) is 11.8 Å². The van der Waals surface area contributed by atoms with Crippen LogP contribution in [0.2, 0.25) is 0 Å². The van der Waals surface area contributed by atoms with Gasteiger partial charge in [-0.25, -0.2) is 0 Å². The maximum Gasteiger partial charge on any atom is 0.322 e. The second-order valence-electron chi connectivity index (χ2n) is 3.08. The quantitative estimate of drug-likeness (QED) is 0.647. The van der Waals surface area contributed by atoms with Crippen LogP contribution in [0.3, 0.4) is 0 Å². The molecule has 1 rings (SSSR count). The minimum Gasteiger partial charge on any atom is -0.468 e. The van der Waals surface area contributed by atoms with Gasteiger partial charge in [0.25, 0.3) is 0 Å². The first-order chi connectivity index (χ1) is 5.66. The van der Waals surface area contributed by atoms with E-state index < -0.39 is 6.04 Å². The van der Waals surface area contributed by atoms with Crippen molar-refractivity contribution in [2.24, 2.45) is 11.7 Å². The molecule has 0 aliphatic carbocycles. The maximum absolute atomic E-state index is 11.1. The molecule has 12 heavy (non-hydrogen) atoms. The molecule has 1 aliphatic heterocycles. The Morgan fingerprint density at radius 2 is 2.42 bits per heavy atom. The molecule has 1 saturated heterocycles. The number of carbonyl (C=O) groups is 1. The van der Waals surface area contributed by atoms with Gasteiger partial charge < -0.3 is 10.5 Å². The van der Waals surface area contributed by atoms with Crippen LogP contribution in [-0.2, 0) is 9.53 Å². The lowest BCUT2D eigenvalue weighted by atomic mass is 9.95. The van der Waals surface area contributed by atoms with Crippen LogP contribution in [0.4, 0.5) is 0 Å². The molecule has 0 spiro atoms. The molecule has 3 unspecified atom stereocenters. The monoisotopic (exact) mass is 189 g/mol. The first-order valence-corrected chi connectivity index (χ1v) is 5.16. The lowest BCUT2D eigenvalue weighted by Crippen LogP contribution is -2.41. The molecular formula is C8H15NO2S. The van der Waals surface area contributed by atoms with Crippen molar-refractivity contribution in [3.63, 3.8) is 0 Å². The third-order valence-corrected chi connectivity index (χ3v) is 3.72. The molecule has 3 nitrogen and oxygen atoms in total. The Morgan fingerprint density at radius 1 is 1.75 bits per heavy atom. The molecule has 2 N–H and O–H groups in total. The number of carbonyl (C=O) groups excluding carboxylic acids is 1. The number of ether oxygens (including phenoxy) is 1. The lowest BCUT2D eigenvalue weighted by Gasteiger charge is -2.19. The number of hydrogen-bond donors (Lipinski definition) is 1. The van der Waals surface area contributed by atoms with Crippen molar-refractivity contribution >= 4 is 17.7 Å². The molecule has 0 radical (unpaired) electrons. The molecule has 3 atom stereocenters. The minimum absolute atomic E-state index is 0.283. The van der Waals surface area contributed by atoms with Gasteiger partial charge in [-0.1, -0.05) is 6.92 Å². The van der Waals surface area contributed by atoms with Crippen LogP contribution in [0.5, 0.6) is 0 Å². The van der Waals surface area contributed by atoms with Crippen LogP contribution in [0.1, 0.15) is 13.3 Å². The van der Waals surface area contributed by atoms with Gasteiger partial charge in [0.2, 0.25) is 0 Å². The average molecular weight is 189 g/mol. The Morgan fingerprint density at radius 3 is 2.83 bits per heavy atom. The van der Waals surface area contributed by atoms with E-state index in [0.717, 1.165) is 12.2 Å². The summed E-state index contributed by atoms with van der Waals surface area (Å²) in [5, 5.41) is 0.485. The normalized spacial score (nSPS) is 31.6. The van der Waals surface area contributed by atoms with Gasteiger partial charge in [0, 0.05) is 5.25 Å². The topological polar surface area (TPSA) is 52.3 Å². The summed E-state index contributed by atoms with van der Waals surface area (Å²) in [6.45, 7) is 2.12. The van der Waals surface area contributed by atoms with Crippen molar-refractivity contribution in [3.8, 4) is 0 Å². The predicted molar refractivity (Wildman–Crippen MR) is 50.0 cm³/mol. The molecule has 1 aliphatic rings. The highest BCUT2D eigenvalue weighted by atomic mass is 32.2. The predicted octanol–water partition coefficient (Wildman–Crippen LogP) is 0.628. The van der Waals surface area contributed by atoms with E-state index in [0.29, 0.717) is 11.2 Å². The van der Waals surface area contributed by atoms with Gasteiger partial charge in [-0.05, 0) is 18.1 Å². The highest BCUT2D eigenvalue weighted by Crippen LogP contribution is 2.33. The Bertz CT molecular complexity index is 174. The zero-order valence-corrected chi connectivity index (χ0v) is 8.26. The Kier molecular flexibility index (Phi) is 3.40. The summed E-state index contributed by atoms with van der Waals surface area (Å²) in [6, 6.07) is -0.431. The van der Waals surface area contributed by atoms with E-state index in [4.69, 9.17) is 5.73 Å². The molecule has 0 aromatic heterocycles. The van der Waals surface area contributed by atoms with Crippen molar-refractivity contribution in [1.82, 2.24) is 0 Å². The fraction of sp³-hybridized carbons (Fsp3) is 0.875. The number of esters is 1. The second-order valence-corrected chi connectivity index (χ2v) is 4.56. The smallest absolute Gasteiger partial charge is 0.322 e. The molecule has 70 valence electrons. The highest BCUT2D eigenvalue weighted by Gasteiger charge is 2.33. The van der Waals surface area contributed by atoms with E-state index in [2.05, 4.69) is 11.7 Å². The third kappa shape index (κ3) is 1.93. The summed E-state index contributed by atoms with van der Waals surface area (Å²) in [5.74, 6) is 1.12. The Hall–Kier alpha value is -0.220. The molecular weight excluding hydrogens is 174 g/mol. The standard InChI is InChI=1S/C8H15NO2S/c1-5-6(3-4-12-5)7(9)8(10)11-2/h5-7H,3-4,9H2,1-2H3. The van der Waals surface area contributed by atoms with E-state index in [9.17, 15) is 4.79 Å². The van der Waals surface area contributed by atoms with Crippen molar-refractivity contribution in [3.05, 3.63) is 0 Å². The molecule has 1 heterocycles. The van der Waals surface area contributed by atoms with Gasteiger partial charge in [-0.15, -0.1) is 0 Å². The fourth-order valence-corrected chi connectivity index (χ4v) is 2.86. The van der Waals surface area contributed by atoms with Gasteiger partial charge in [0.05, 0.1) is 7.11 Å². The second kappa shape index (κ2) is 4.14. The van der Waals surface area contributed by atoms with Gasteiger partial charge in [0.1, 0.15) is 6.04 Å². The largest absolute Gasteiger partial charge is 0.468 e. The van der Waals surface area contributed by atoms with Crippen molar-refractivity contribution in [2.75, 3.05) is 12.9 Å². The molecule has 0 aromatic rings. The molecule has 0 bridgehead atoms. The summed E-state index contributed by atoms with van der Waals surface area (Å²) in [4.78, 5) is 11.1. The van der Waals surface area contributed by atoms with Crippen LogP contribution >= 0.6 is 11.8 Å². The van der Waals surface area contributed by atoms with E-state index >= 15 is 0 Å². The number of hydrogen-bond acceptors (Lipinski definition) is 4. The Balaban J connectivity index is 2.51. The van der Waals surface area contributed by atoms with Crippen LogP contribution in [0.25, 0.3) is 0 Å². The number of rotatable bonds is 2. The van der Waals surface area contributed by atoms with Crippen LogP contribution in [-0.4, -0.2) is 30.1 Å². The van der Waals surface area contributed by atoms with E-state index in [-0.39, 0.29) is 5.97 Å². The molecule has 0 saturated carbocycles. The van der Waals surface area contributed by atoms with Crippen molar-refractivity contribution in [2.45, 2.75) is 24.6 Å². The molecule has 1 fully saturated rings. The Labute approximate surface area is 77.0 Å². The minimum atomic E-state index is -0.431. The molecule has 4 heteroatoms. The SMILES string of the molecule is COC(=O)C(N)C1CCSC1C.